The first-order valence-electron chi connectivity index (χ1n) is 43.0. The summed E-state index contributed by atoms with van der Waals surface area (Å²) in [7, 11) is 4.84. The van der Waals surface area contributed by atoms with Crippen LogP contribution in [0.2, 0.25) is 10.0 Å². The second-order valence-electron chi connectivity index (χ2n) is 39.8. The lowest BCUT2D eigenvalue weighted by Crippen LogP contribution is -2.21. The summed E-state index contributed by atoms with van der Waals surface area (Å²) in [6.45, 7) is 56.7. The van der Waals surface area contributed by atoms with Crippen LogP contribution >= 0.6 is 23.2 Å². The molecule has 0 aliphatic rings. The predicted octanol–water partition coefficient (Wildman–Crippen LogP) is 27.4. The molecule has 130 heavy (non-hydrogen) atoms. The van der Waals surface area contributed by atoms with Gasteiger partial charge in [0.25, 0.3) is 5.69 Å². The van der Waals surface area contributed by atoms with Gasteiger partial charge >= 0.3 is 12.4 Å². The highest BCUT2D eigenvalue weighted by Crippen LogP contribution is 2.40. The van der Waals surface area contributed by atoms with E-state index < -0.39 is 34.2 Å². The number of amides is 1. The van der Waals surface area contributed by atoms with Crippen LogP contribution in [0, 0.1) is 65.3 Å². The van der Waals surface area contributed by atoms with Gasteiger partial charge in [0.2, 0.25) is 17.6 Å². The highest BCUT2D eigenvalue weighted by molar-refractivity contribution is 6.35. The van der Waals surface area contributed by atoms with E-state index in [-0.39, 0.29) is 56.6 Å². The number of pyridine rings is 1. The minimum absolute atomic E-state index is 0.00180. The third-order valence-electron chi connectivity index (χ3n) is 17.1. The maximum absolute atomic E-state index is 12.7. The van der Waals surface area contributed by atoms with Crippen molar-refractivity contribution in [1.29, 1.82) is 5.26 Å². The van der Waals surface area contributed by atoms with Crippen LogP contribution in [0.15, 0.2) is 188 Å². The summed E-state index contributed by atoms with van der Waals surface area (Å²) in [5, 5.41) is 54.8. The number of hydrogen-bond acceptors (Lipinski definition) is 18. The third kappa shape index (κ3) is 54.5. The maximum atomic E-state index is 12.7. The van der Waals surface area contributed by atoms with Gasteiger partial charge in [-0.25, -0.2) is 9.97 Å². The van der Waals surface area contributed by atoms with Gasteiger partial charge in [-0.05, 0) is 193 Å². The number of nitro benzene ring substituents is 1. The van der Waals surface area contributed by atoms with E-state index in [2.05, 4.69) is 236 Å². The average molecular weight is 1850 g/mol. The minimum Gasteiger partial charge on any atom is -0.493 e. The molecule has 7 aromatic carbocycles. The Morgan fingerprint density at radius 2 is 0.892 bits per heavy atom. The zero-order valence-corrected chi connectivity index (χ0v) is 82.8. The average Bonchev–Trinajstić information content (AvgIpc) is 0.823. The number of aliphatic hydroxyl groups is 1. The SMILES string of the molecule is CC(=O)NCc1cccc(NCC(C)(C)C)c1.CC(C)(C)CNc1cc(Cl)cc(Cl)c1.CC(C)(C)CNc1ccc(Cc2ccncc2)cc1.CC(C)(C)CNc1ccc([N+](=O)[O-])c(C(F)(F)F)c1.CC(C)(C)CNc1cccc(C#N)c1.CC(C)(C)CNc1cccc(CO)c1.CC(C)(C)CNc1nccc(C(F)(F)F)n1.COc1cc(/C=C/C(C)C)cc(OC)c1OC. The van der Waals surface area contributed by atoms with Gasteiger partial charge in [-0.2, -0.15) is 31.6 Å². The van der Waals surface area contributed by atoms with Crippen molar-refractivity contribution in [1.82, 2.24) is 20.3 Å². The van der Waals surface area contributed by atoms with Gasteiger partial charge in [0.1, 0.15) is 11.3 Å². The van der Waals surface area contributed by atoms with Gasteiger partial charge in [0, 0.05) is 128 Å². The normalized spacial score (nSPS) is 11.5. The van der Waals surface area contributed by atoms with Crippen molar-refractivity contribution in [3.63, 3.8) is 0 Å². The molecule has 2 aromatic heterocycles. The van der Waals surface area contributed by atoms with Gasteiger partial charge in [-0.15, -0.1) is 0 Å². The first-order valence-corrected chi connectivity index (χ1v) is 43.7. The van der Waals surface area contributed by atoms with Gasteiger partial charge < -0.3 is 61.9 Å². The number of aliphatic hydroxyl groups excluding tert-OH is 1. The summed E-state index contributed by atoms with van der Waals surface area (Å²) in [5.74, 6) is 2.49. The second kappa shape index (κ2) is 54.6. The Bertz CT molecular complexity index is 4860. The number of anilines is 7. The fourth-order valence-electron chi connectivity index (χ4n) is 10.3. The summed E-state index contributed by atoms with van der Waals surface area (Å²) in [6, 6.07) is 51.6. The van der Waals surface area contributed by atoms with Crippen molar-refractivity contribution in [2.24, 2.45) is 43.8 Å². The molecule has 20 nitrogen and oxygen atoms in total. The molecule has 2 heterocycles. The number of nitriles is 1. The number of nitrogens with one attached hydrogen (secondary N) is 8. The zero-order valence-electron chi connectivity index (χ0n) is 81.3. The molecule has 9 rings (SSSR count). The molecule has 9 aromatic rings. The summed E-state index contributed by atoms with van der Waals surface area (Å²) in [4.78, 5) is 31.6. The molecule has 714 valence electrons. The number of ether oxygens (including phenoxy) is 3. The van der Waals surface area contributed by atoms with Crippen LogP contribution in [0.5, 0.6) is 17.2 Å². The van der Waals surface area contributed by atoms with E-state index in [4.69, 9.17) is 47.8 Å². The lowest BCUT2D eigenvalue weighted by Gasteiger charge is -2.20. The Hall–Kier alpha value is -11.0. The lowest BCUT2D eigenvalue weighted by atomic mass is 9.97. The number of nitrogens with zero attached hydrogens (tertiary/aromatic N) is 5. The van der Waals surface area contributed by atoms with E-state index in [1.807, 2.05) is 145 Å². The highest BCUT2D eigenvalue weighted by Gasteiger charge is 2.39. The Morgan fingerprint density at radius 3 is 1.30 bits per heavy atom. The molecule has 0 saturated heterocycles. The van der Waals surface area contributed by atoms with Crippen molar-refractivity contribution in [3.05, 3.63) is 253 Å². The molecule has 0 aliphatic carbocycles. The Kier molecular flexibility index (Phi) is 48.3. The molecule has 0 fully saturated rings. The van der Waals surface area contributed by atoms with Crippen LogP contribution in [0.3, 0.4) is 0 Å². The smallest absolute Gasteiger partial charge is 0.433 e. The fourth-order valence-corrected chi connectivity index (χ4v) is 10.8. The van der Waals surface area contributed by atoms with E-state index in [0.29, 0.717) is 63.8 Å². The Morgan fingerprint density at radius 1 is 0.485 bits per heavy atom. The molecule has 28 heteroatoms. The summed E-state index contributed by atoms with van der Waals surface area (Å²) < 4.78 is 91.0. The number of carbonyl (C=O) groups excluding carboxylic acids is 1. The molecular weight excluding hydrogens is 1700 g/mol. The number of alkyl halides is 6. The van der Waals surface area contributed by atoms with Crippen LogP contribution in [-0.2, 0) is 36.7 Å². The third-order valence-corrected chi connectivity index (χ3v) is 17.5. The molecule has 0 saturated carbocycles. The number of carbonyl (C=O) groups is 1. The van der Waals surface area contributed by atoms with Crippen molar-refractivity contribution in [3.8, 4) is 23.3 Å². The van der Waals surface area contributed by atoms with Crippen molar-refractivity contribution < 1.29 is 55.4 Å². The van der Waals surface area contributed by atoms with E-state index in [1.165, 1.54) is 29.8 Å². The molecule has 0 atom stereocenters. The molecule has 0 radical (unpaired) electrons. The van der Waals surface area contributed by atoms with E-state index in [0.717, 1.165) is 103 Å². The zero-order chi connectivity index (χ0) is 98.7. The van der Waals surface area contributed by atoms with E-state index in [1.54, 1.807) is 27.4 Å². The van der Waals surface area contributed by atoms with Crippen LogP contribution in [0.25, 0.3) is 6.08 Å². The minimum atomic E-state index is -4.75. The standard InChI is InChI=1S/C17H22N2.C14H22N2O.C14H20O3.C12H15F3N2O2.C12H16N2.C12H19NO.C11H15Cl2N.C10H14F3N3/c1-17(2,3)13-19-16-6-4-14(5-7-16)12-15-8-10-18-11-9-15;1-11(17)15-9-12-6-5-7-13(8-12)16-10-14(2,3)4;1-10(2)6-7-11-8-12(15-3)14(17-5)13(9-11)16-4;1-11(2,3)7-16-8-4-5-10(17(18)19)9(6-8)12(13,14)15;1-12(2,3)9-14-11-6-4-5-10(7-11)8-13;1-12(2,3)9-13-11-6-4-5-10(7-11)8-14;1-11(2,3)7-14-10-5-8(12)4-9(13)6-10;1-9(2,3)6-15-8-14-5-4-7(16-8)10(11,12)13/h4-11,19H,12-13H2,1-3H3;5-8,16H,9-10H2,1-4H3,(H,15,17);6-10H,1-5H3;4-6,16H,7H2,1-3H3;4-7,14H,9H2,1-3H3;4-7,13-14H,8-9H2,1-3H3;4-6,14H,7H2,1-3H3;4-5H,6H2,1-3H3,(H,14,15,16)/b;;7-6+;;;;;. The van der Waals surface area contributed by atoms with Crippen molar-refractivity contribution in [2.45, 2.75) is 198 Å². The number of methoxy groups -OCH3 is 3. The number of halogens is 8. The number of nitro groups is 1. The fraction of sp³-hybridized carbons (Fsp3) is 0.461. The molecule has 1 amide bonds. The molecule has 0 aliphatic heterocycles. The Labute approximate surface area is 780 Å². The summed E-state index contributed by atoms with van der Waals surface area (Å²) >= 11 is 11.8. The monoisotopic (exact) mass is 1850 g/mol. The quantitative estimate of drug-likeness (QED) is 0.0146. The topological polar surface area (TPSA) is 267 Å². The van der Waals surface area contributed by atoms with Crippen LogP contribution in [0.1, 0.15) is 211 Å². The Balaban J connectivity index is 0.000000504. The van der Waals surface area contributed by atoms with E-state index >= 15 is 0 Å². The number of benzene rings is 7. The molecule has 0 bridgehead atoms. The van der Waals surface area contributed by atoms with Gasteiger partial charge in [-0.1, -0.05) is 237 Å². The van der Waals surface area contributed by atoms with Crippen molar-refractivity contribution in [2.75, 3.05) is 104 Å². The van der Waals surface area contributed by atoms with Gasteiger partial charge in [0.15, 0.2) is 11.5 Å². The van der Waals surface area contributed by atoms with Gasteiger partial charge in [0.05, 0.1) is 44.5 Å². The van der Waals surface area contributed by atoms with Crippen molar-refractivity contribution >= 4 is 80.9 Å². The number of allylic oxidation sites excluding steroid dienone is 1. The molecule has 9 N–H and O–H groups in total. The lowest BCUT2D eigenvalue weighted by molar-refractivity contribution is -0.388. The number of rotatable bonds is 25. The van der Waals surface area contributed by atoms with Crippen LogP contribution in [0.4, 0.5) is 72.1 Å². The first kappa shape index (κ1) is 115. The largest absolute Gasteiger partial charge is 0.493 e. The molecule has 0 spiro atoms. The highest BCUT2D eigenvalue weighted by atomic mass is 35.5. The van der Waals surface area contributed by atoms with Crippen LogP contribution < -0.4 is 56.7 Å². The van der Waals surface area contributed by atoms with Gasteiger partial charge in [-0.3, -0.25) is 19.9 Å². The summed E-state index contributed by atoms with van der Waals surface area (Å²) in [6.07, 6.45) is 0.741. The molecular formula is C102H143Cl2F6N13O7. The summed E-state index contributed by atoms with van der Waals surface area (Å²) in [5.41, 5.74) is 10.0. The molecule has 0 unspecified atom stereocenters. The van der Waals surface area contributed by atoms with E-state index in [9.17, 15) is 41.3 Å². The van der Waals surface area contributed by atoms with Crippen LogP contribution in [-0.4, -0.2) is 98.0 Å². The number of hydrogen-bond donors (Lipinski definition) is 9. The number of aromatic nitrogens is 3. The maximum Gasteiger partial charge on any atom is 0.433 e. The first-order chi connectivity index (χ1) is 60.1. The second-order valence-corrected chi connectivity index (χ2v) is 40.6. The predicted molar refractivity (Wildman–Crippen MR) is 528 cm³/mol.